The Labute approximate surface area is 346 Å². The van der Waals surface area contributed by atoms with E-state index in [9.17, 15) is 19.5 Å². The van der Waals surface area contributed by atoms with Crippen LogP contribution < -0.4 is 11.1 Å². The number of aromatic carboxylic acids is 1. The molecule has 300 valence electrons. The van der Waals surface area contributed by atoms with Crippen LogP contribution in [0.2, 0.25) is 0 Å². The smallest absolute Gasteiger partial charge is 0.336 e. The molecule has 0 saturated carbocycles. The van der Waals surface area contributed by atoms with Gasteiger partial charge in [0.05, 0.1) is 5.56 Å². The van der Waals surface area contributed by atoms with Crippen molar-refractivity contribution in [3.8, 4) is 33.6 Å². The average molecular weight is 797 g/mol. The van der Waals surface area contributed by atoms with E-state index in [1.165, 1.54) is 0 Å². The molecule has 60 heavy (non-hydrogen) atoms. The summed E-state index contributed by atoms with van der Waals surface area (Å²) in [6.45, 7) is 8.26. The van der Waals surface area contributed by atoms with Crippen molar-refractivity contribution in [1.29, 1.82) is 0 Å². The molecule has 3 aromatic heterocycles. The second kappa shape index (κ2) is 16.9. The Balaban J connectivity index is 0.000000167. The van der Waals surface area contributed by atoms with Gasteiger partial charge in [-0.25, -0.2) is 4.79 Å². The molecule has 5 heterocycles. The number of fused-ring (bicyclic) bond motifs is 2. The predicted octanol–water partition coefficient (Wildman–Crippen LogP) is 7.84. The van der Waals surface area contributed by atoms with Gasteiger partial charge in [-0.05, 0) is 71.3 Å². The molecule has 12 nitrogen and oxygen atoms in total. The number of carboxylic acids is 1. The number of aromatic nitrogens is 8. The first kappa shape index (κ1) is 39.5. The number of benzene rings is 4. The van der Waals surface area contributed by atoms with Crippen molar-refractivity contribution in [2.75, 3.05) is 0 Å². The van der Waals surface area contributed by atoms with E-state index in [4.69, 9.17) is 0 Å². The summed E-state index contributed by atoms with van der Waals surface area (Å²) in [7, 11) is 0. The maximum atomic E-state index is 12.8. The van der Waals surface area contributed by atoms with E-state index in [1.54, 1.807) is 18.2 Å². The lowest BCUT2D eigenvalue weighted by Crippen LogP contribution is -2.23. The minimum Gasteiger partial charge on any atom is -0.478 e. The molecule has 12 heteroatoms. The number of nitrogens with one attached hydrogen (secondary N) is 1. The van der Waals surface area contributed by atoms with E-state index >= 15 is 0 Å². The van der Waals surface area contributed by atoms with Gasteiger partial charge in [0, 0.05) is 65.2 Å². The van der Waals surface area contributed by atoms with Gasteiger partial charge in [-0.1, -0.05) is 117 Å². The molecule has 2 N–H and O–H groups in total. The molecule has 0 atom stereocenters. The molecule has 0 amide bonds. The third-order valence-corrected chi connectivity index (χ3v) is 11.2. The monoisotopic (exact) mass is 796 g/mol. The van der Waals surface area contributed by atoms with Crippen molar-refractivity contribution in [2.45, 2.75) is 66.2 Å². The zero-order chi connectivity index (χ0) is 41.9. The molecule has 7 aromatic rings. The van der Waals surface area contributed by atoms with Gasteiger partial charge < -0.3 is 14.2 Å². The number of nitrogens with zero attached hydrogens (tertiary/aromatic N) is 7. The zero-order valence-corrected chi connectivity index (χ0v) is 33.9. The van der Waals surface area contributed by atoms with Crippen molar-refractivity contribution in [3.63, 3.8) is 0 Å². The highest BCUT2D eigenvalue weighted by molar-refractivity contribution is 5.96. The third-order valence-electron chi connectivity index (χ3n) is 11.2. The molecule has 0 radical (unpaired) electrons. The van der Waals surface area contributed by atoms with Crippen LogP contribution in [0.1, 0.15) is 83.3 Å². The Hall–Kier alpha value is -7.34. The summed E-state index contributed by atoms with van der Waals surface area (Å²) in [5.41, 5.74) is 12.5. The quantitative estimate of drug-likeness (QED) is 0.141. The lowest BCUT2D eigenvalue weighted by atomic mass is 9.96. The normalized spacial score (nSPS) is 12.6. The summed E-state index contributed by atoms with van der Waals surface area (Å²) in [6, 6.07) is 30.9. The van der Waals surface area contributed by atoms with Gasteiger partial charge in [0.15, 0.2) is 0 Å². The van der Waals surface area contributed by atoms with E-state index in [-0.39, 0.29) is 16.7 Å². The molecule has 4 aromatic carbocycles. The van der Waals surface area contributed by atoms with Crippen LogP contribution in [0.25, 0.3) is 45.0 Å². The summed E-state index contributed by atoms with van der Waals surface area (Å²) < 4.78 is 4.25. The average Bonchev–Trinajstić information content (AvgIpc) is 4.03. The van der Waals surface area contributed by atoms with Crippen molar-refractivity contribution in [3.05, 3.63) is 181 Å². The van der Waals surface area contributed by atoms with Crippen LogP contribution in [0.5, 0.6) is 0 Å². The van der Waals surface area contributed by atoms with Crippen LogP contribution >= 0.6 is 0 Å². The summed E-state index contributed by atoms with van der Waals surface area (Å²) in [6.07, 6.45) is 8.27. The minimum atomic E-state index is -0.946. The van der Waals surface area contributed by atoms with Gasteiger partial charge in [-0.2, -0.15) is 15.2 Å². The van der Waals surface area contributed by atoms with Crippen LogP contribution in [0, 0.1) is 0 Å². The van der Waals surface area contributed by atoms with E-state index in [0.717, 1.165) is 98.2 Å². The second-order valence-corrected chi connectivity index (χ2v) is 14.9. The zero-order valence-electron chi connectivity index (χ0n) is 33.9. The van der Waals surface area contributed by atoms with Crippen LogP contribution in [0.15, 0.2) is 119 Å². The summed E-state index contributed by atoms with van der Waals surface area (Å²) in [5.74, 6) is 1.27. The molecule has 0 saturated heterocycles. The Bertz CT molecular complexity index is 2920. The largest absolute Gasteiger partial charge is 0.478 e. The molecule has 9 rings (SSSR count). The molecule has 0 bridgehead atoms. The topological polar surface area (TPSA) is 162 Å². The van der Waals surface area contributed by atoms with Gasteiger partial charge in [-0.15, -0.1) is 10.2 Å². The number of carboxylic acid groups (broad SMARTS) is 1. The molecule has 0 spiro atoms. The van der Waals surface area contributed by atoms with E-state index in [0.29, 0.717) is 30.7 Å². The number of rotatable bonds is 10. The lowest BCUT2D eigenvalue weighted by molar-refractivity contribution is 0.0697. The van der Waals surface area contributed by atoms with Crippen molar-refractivity contribution in [1.82, 2.24) is 39.7 Å². The van der Waals surface area contributed by atoms with Crippen LogP contribution in [-0.2, 0) is 38.5 Å². The van der Waals surface area contributed by atoms with Crippen molar-refractivity contribution >= 4 is 17.4 Å². The Morgan fingerprint density at radius 2 is 1.12 bits per heavy atom. The first-order valence-electron chi connectivity index (χ1n) is 20.1. The molecular weight excluding hydrogens is 753 g/mol. The number of aromatic amines is 1. The Kier molecular flexibility index (Phi) is 11.1. The highest BCUT2D eigenvalue weighted by atomic mass is 16.4. The highest BCUT2D eigenvalue weighted by Crippen LogP contribution is 2.31. The third kappa shape index (κ3) is 7.67. The number of hydrogen-bond donors (Lipinski definition) is 2. The van der Waals surface area contributed by atoms with Gasteiger partial charge in [0.25, 0.3) is 11.1 Å². The molecule has 2 aliphatic heterocycles. The molecule has 0 unspecified atom stereocenters. The maximum Gasteiger partial charge on any atom is 0.336 e. The van der Waals surface area contributed by atoms with E-state index in [2.05, 4.69) is 96.9 Å². The first-order valence-corrected chi connectivity index (χ1v) is 20.1. The van der Waals surface area contributed by atoms with E-state index < -0.39 is 5.97 Å². The first-order chi connectivity index (χ1) is 29.1. The van der Waals surface area contributed by atoms with Gasteiger partial charge in [-0.3, -0.25) is 9.59 Å². The molecule has 0 aliphatic carbocycles. The number of carbonyl (C=O) groups is 1. The molecule has 0 fully saturated rings. The highest BCUT2D eigenvalue weighted by Gasteiger charge is 2.22. The summed E-state index contributed by atoms with van der Waals surface area (Å²) in [5, 5.41) is 23.8. The fourth-order valence-electron chi connectivity index (χ4n) is 8.30. The van der Waals surface area contributed by atoms with Gasteiger partial charge in [0.2, 0.25) is 5.82 Å². The standard InChI is InChI=1S/C24H22N6O.C24H22N2O3/c1-3-21-20(24(31)25-22-13-8-15(2)30(21)22)14-16-9-11-17(12-10-16)18-6-4-5-7-19(18)23-26-28-29-27-23;1-3-21-20(23(27)25-22-13-8-15(2)26(21)22)14-16-9-11-17(12-10-16)18-6-4-5-7-19(18)24(28)29/h4-12H,3,13-14H2,1-2H3,(H,26,27,28,29);4-12H,3,13-14H2,1-2H3,(H,28,29). The van der Waals surface area contributed by atoms with E-state index in [1.807, 2.05) is 61.5 Å². The van der Waals surface area contributed by atoms with Crippen LogP contribution in [0.3, 0.4) is 0 Å². The second-order valence-electron chi connectivity index (χ2n) is 14.9. The Morgan fingerprint density at radius 3 is 1.58 bits per heavy atom. The van der Waals surface area contributed by atoms with Gasteiger partial charge in [0.1, 0.15) is 11.6 Å². The van der Waals surface area contributed by atoms with Crippen molar-refractivity contribution < 1.29 is 9.90 Å². The molecule has 2 aliphatic rings. The number of allylic oxidation sites excluding steroid dienone is 4. The van der Waals surface area contributed by atoms with Crippen molar-refractivity contribution in [2.24, 2.45) is 0 Å². The SMILES string of the molecule is CCc1c(Cc2ccc(-c3ccccc3-c3nn[nH]n3)cc2)c(=O)nc2n1C(C)=CC2.CCc1c(Cc2ccc(-c3ccccc3C(=O)O)cc2)c(=O)nc2n1C(C)=CC2. The summed E-state index contributed by atoms with van der Waals surface area (Å²) in [4.78, 5) is 45.6. The fraction of sp³-hybridized carbons (Fsp3) is 0.208. The fourth-order valence-corrected chi connectivity index (χ4v) is 8.30. The number of hydrogen-bond acceptors (Lipinski definition) is 8. The predicted molar refractivity (Wildman–Crippen MR) is 233 cm³/mol. The Morgan fingerprint density at radius 1 is 0.650 bits per heavy atom. The minimum absolute atomic E-state index is 0.113. The maximum absolute atomic E-state index is 12.8. The molecular formula is C48H44N8O4. The van der Waals surface area contributed by atoms with Gasteiger partial charge >= 0.3 is 5.97 Å². The lowest BCUT2D eigenvalue weighted by Gasteiger charge is -2.16. The van der Waals surface area contributed by atoms with Crippen LogP contribution in [-0.4, -0.2) is 50.8 Å². The number of H-pyrrole nitrogens is 1. The van der Waals surface area contributed by atoms with Crippen LogP contribution in [0.4, 0.5) is 0 Å². The number of tetrazole rings is 1. The summed E-state index contributed by atoms with van der Waals surface area (Å²) >= 11 is 0.